The Morgan fingerprint density at radius 1 is 0.791 bits per heavy atom. The molecule has 0 bridgehead atoms. The first-order chi connectivity index (χ1) is 20.2. The standard InChI is InChI=1S/C25H28Cl4N6O8/c1-35(11-17(37)31-15-9-13(27)21(19(29)23(15)39)33-25(41)43-3)6-4-34(5-7-35)10-16(36)30-14-8-12(26)20(18(28)22(14)38)32-24(40)42-2/h8-9H,4-7,10-11H2,1-3H3,(H5-,30,31,32,33,36,37,38,39,40,41)/p+1. The Kier molecular flexibility index (Phi) is 11.4. The van der Waals surface area contributed by atoms with Crippen molar-refractivity contribution in [3.05, 3.63) is 32.2 Å². The van der Waals surface area contributed by atoms with Crippen LogP contribution in [0.4, 0.5) is 32.3 Å². The first-order valence-corrected chi connectivity index (χ1v) is 14.0. The molecule has 0 atom stereocenters. The Morgan fingerprint density at radius 2 is 1.21 bits per heavy atom. The molecule has 18 heteroatoms. The molecule has 2 aromatic rings. The number of hydrogen-bond donors (Lipinski definition) is 6. The van der Waals surface area contributed by atoms with Gasteiger partial charge >= 0.3 is 12.2 Å². The highest BCUT2D eigenvalue weighted by Crippen LogP contribution is 2.44. The van der Waals surface area contributed by atoms with Crippen molar-refractivity contribution >= 4 is 93.2 Å². The summed E-state index contributed by atoms with van der Waals surface area (Å²) in [4.78, 5) is 50.4. The van der Waals surface area contributed by atoms with Crippen molar-refractivity contribution in [3.63, 3.8) is 0 Å². The number of hydrogen-bond acceptors (Lipinski definition) is 9. The van der Waals surface area contributed by atoms with Gasteiger partial charge in [0.05, 0.1) is 73.7 Å². The SMILES string of the molecule is COC(=O)Nc1c(Cl)cc(NC(=O)CN2CC[N+](C)(CC(=O)Nc3cc(Cl)c(NC(=O)OC)c(Cl)c3O)CC2)c(O)c1Cl. The number of rotatable bonds is 8. The van der Waals surface area contributed by atoms with Crippen LogP contribution in [0.3, 0.4) is 0 Å². The molecule has 0 aromatic heterocycles. The lowest BCUT2D eigenvalue weighted by atomic mass is 10.2. The number of nitrogens with zero attached hydrogens (tertiary/aromatic N) is 2. The lowest BCUT2D eigenvalue weighted by molar-refractivity contribution is -0.905. The number of phenols is 2. The zero-order chi connectivity index (χ0) is 32.1. The molecule has 4 amide bonds. The first kappa shape index (κ1) is 34.1. The molecule has 1 aliphatic heterocycles. The predicted octanol–water partition coefficient (Wildman–Crippen LogP) is 4.41. The molecule has 1 aliphatic rings. The van der Waals surface area contributed by atoms with Crippen LogP contribution in [0.1, 0.15) is 0 Å². The van der Waals surface area contributed by atoms with Crippen LogP contribution in [0.15, 0.2) is 12.1 Å². The van der Waals surface area contributed by atoms with E-state index in [1.165, 1.54) is 12.1 Å². The summed E-state index contributed by atoms with van der Waals surface area (Å²) in [7, 11) is 4.18. The topological polar surface area (TPSA) is 179 Å². The largest absolute Gasteiger partial charge is 0.504 e. The van der Waals surface area contributed by atoms with Crippen LogP contribution < -0.4 is 21.3 Å². The maximum Gasteiger partial charge on any atom is 0.411 e. The number of carbonyl (C=O) groups excluding carboxylic acids is 4. The summed E-state index contributed by atoms with van der Waals surface area (Å²) in [5, 5.41) is 30.0. The van der Waals surface area contributed by atoms with Gasteiger partial charge in [0.1, 0.15) is 10.0 Å². The van der Waals surface area contributed by atoms with Crippen molar-refractivity contribution in [2.45, 2.75) is 0 Å². The fourth-order valence-electron chi connectivity index (χ4n) is 4.18. The van der Waals surface area contributed by atoms with E-state index in [-0.39, 0.29) is 55.9 Å². The Balaban J connectivity index is 1.56. The number of piperazine rings is 1. The Morgan fingerprint density at radius 3 is 1.63 bits per heavy atom. The smallest absolute Gasteiger partial charge is 0.411 e. The highest BCUT2D eigenvalue weighted by atomic mass is 35.5. The molecular formula is C25H29Cl4N6O8+. The second-order valence-electron chi connectivity index (χ2n) is 9.72. The zero-order valence-electron chi connectivity index (χ0n) is 23.1. The van der Waals surface area contributed by atoms with Gasteiger partial charge in [0.15, 0.2) is 18.0 Å². The molecule has 3 rings (SSSR count). The van der Waals surface area contributed by atoms with Crippen molar-refractivity contribution in [1.29, 1.82) is 0 Å². The minimum atomic E-state index is -0.844. The van der Waals surface area contributed by atoms with E-state index in [4.69, 9.17) is 46.4 Å². The monoisotopic (exact) mass is 681 g/mol. The quantitative estimate of drug-likeness (QED) is 0.174. The lowest BCUT2D eigenvalue weighted by Gasteiger charge is -2.41. The molecule has 234 valence electrons. The van der Waals surface area contributed by atoms with Crippen LogP contribution in [0, 0.1) is 0 Å². The van der Waals surface area contributed by atoms with Crippen molar-refractivity contribution in [2.24, 2.45) is 0 Å². The number of nitrogens with one attached hydrogen (secondary N) is 4. The number of carbonyl (C=O) groups is 4. The Labute approximate surface area is 266 Å². The molecule has 1 heterocycles. The number of anilines is 4. The van der Waals surface area contributed by atoms with Crippen LogP contribution in [0.25, 0.3) is 0 Å². The third-order valence-corrected chi connectivity index (χ3v) is 7.89. The molecule has 43 heavy (non-hydrogen) atoms. The molecule has 0 aliphatic carbocycles. The van der Waals surface area contributed by atoms with Crippen LogP contribution in [0.5, 0.6) is 11.5 Å². The van der Waals surface area contributed by atoms with Gasteiger partial charge in [-0.15, -0.1) is 0 Å². The number of amides is 4. The van der Waals surface area contributed by atoms with Gasteiger partial charge in [-0.3, -0.25) is 25.1 Å². The molecule has 14 nitrogen and oxygen atoms in total. The third kappa shape index (κ3) is 8.59. The van der Waals surface area contributed by atoms with E-state index < -0.39 is 35.5 Å². The van der Waals surface area contributed by atoms with Crippen LogP contribution in [0.2, 0.25) is 20.1 Å². The first-order valence-electron chi connectivity index (χ1n) is 12.5. The molecule has 0 unspecified atom stereocenters. The van der Waals surface area contributed by atoms with Gasteiger partial charge in [0, 0.05) is 13.1 Å². The maximum atomic E-state index is 12.9. The number of phenolic OH excluding ortho intramolecular Hbond substituents is 2. The van der Waals surface area contributed by atoms with Crippen LogP contribution in [-0.4, -0.2) is 104 Å². The average molecular weight is 683 g/mol. The number of halogens is 4. The summed E-state index contributed by atoms with van der Waals surface area (Å²) < 4.78 is 9.34. The van der Waals surface area contributed by atoms with Crippen molar-refractivity contribution in [3.8, 4) is 11.5 Å². The highest BCUT2D eigenvalue weighted by Gasteiger charge is 2.32. The van der Waals surface area contributed by atoms with Crippen LogP contribution >= 0.6 is 46.4 Å². The number of likely N-dealkylation sites (N-methyl/N-ethyl adjacent to an activating group) is 1. The second kappa shape index (κ2) is 14.4. The van der Waals surface area contributed by atoms with Gasteiger partial charge < -0.3 is 34.8 Å². The van der Waals surface area contributed by atoms with Crippen molar-refractivity contribution in [2.75, 3.05) is 81.8 Å². The second-order valence-corrected chi connectivity index (χ2v) is 11.3. The summed E-state index contributed by atoms with van der Waals surface area (Å²) in [6.07, 6.45) is -1.69. The summed E-state index contributed by atoms with van der Waals surface area (Å²) in [6.45, 7) is 2.03. The maximum absolute atomic E-state index is 12.9. The number of quaternary nitrogens is 1. The summed E-state index contributed by atoms with van der Waals surface area (Å²) >= 11 is 24.6. The minimum Gasteiger partial charge on any atom is -0.504 e. The van der Waals surface area contributed by atoms with Crippen LogP contribution in [-0.2, 0) is 19.1 Å². The van der Waals surface area contributed by atoms with E-state index in [1.807, 2.05) is 11.9 Å². The van der Waals surface area contributed by atoms with Crippen molar-refractivity contribution in [1.82, 2.24) is 4.90 Å². The summed E-state index contributed by atoms with van der Waals surface area (Å²) in [5.74, 6) is -1.83. The molecule has 0 radical (unpaired) electrons. The summed E-state index contributed by atoms with van der Waals surface area (Å²) in [6, 6.07) is 2.50. The average Bonchev–Trinajstić information content (AvgIpc) is 2.95. The van der Waals surface area contributed by atoms with E-state index >= 15 is 0 Å². The zero-order valence-corrected chi connectivity index (χ0v) is 26.2. The van der Waals surface area contributed by atoms with Gasteiger partial charge in [-0.05, 0) is 12.1 Å². The summed E-state index contributed by atoms with van der Waals surface area (Å²) in [5.41, 5.74) is -0.215. The van der Waals surface area contributed by atoms with Gasteiger partial charge in [-0.2, -0.15) is 0 Å². The number of methoxy groups -OCH3 is 2. The van der Waals surface area contributed by atoms with Gasteiger partial charge in [-0.1, -0.05) is 46.4 Å². The normalized spacial score (nSPS) is 14.4. The molecule has 0 saturated carbocycles. The van der Waals surface area contributed by atoms with E-state index in [0.717, 1.165) is 14.2 Å². The Hall–Kier alpha value is -3.40. The molecule has 0 spiro atoms. The fourth-order valence-corrected chi connectivity index (χ4v) is 5.28. The van der Waals surface area contributed by atoms with Gasteiger partial charge in [0.2, 0.25) is 5.91 Å². The van der Waals surface area contributed by atoms with E-state index in [1.54, 1.807) is 0 Å². The minimum absolute atomic E-state index is 0.0140. The third-order valence-electron chi connectivity index (χ3n) is 6.56. The number of ether oxygens (including phenoxy) is 2. The van der Waals surface area contributed by atoms with E-state index in [0.29, 0.717) is 30.7 Å². The molecule has 2 aromatic carbocycles. The van der Waals surface area contributed by atoms with E-state index in [9.17, 15) is 29.4 Å². The lowest BCUT2D eigenvalue weighted by Crippen LogP contribution is -2.60. The molecule has 6 N–H and O–H groups in total. The predicted molar refractivity (Wildman–Crippen MR) is 163 cm³/mol. The molecule has 1 fully saturated rings. The van der Waals surface area contributed by atoms with E-state index in [2.05, 4.69) is 30.7 Å². The molecule has 1 saturated heterocycles. The van der Waals surface area contributed by atoms with Crippen molar-refractivity contribution < 1.29 is 43.3 Å². The highest BCUT2D eigenvalue weighted by molar-refractivity contribution is 6.42. The van der Waals surface area contributed by atoms with Gasteiger partial charge in [0.25, 0.3) is 5.91 Å². The Bertz CT molecular complexity index is 1440. The number of aromatic hydroxyl groups is 2. The fraction of sp³-hybridized carbons (Fsp3) is 0.360. The number of benzene rings is 2. The van der Waals surface area contributed by atoms with Gasteiger partial charge in [-0.25, -0.2) is 9.59 Å². The molecular weight excluding hydrogens is 654 g/mol.